The molecule has 1 aromatic heterocycles. The maximum atomic E-state index is 5.99. The standard InChI is InChI=1S/C16H23N3O/c1-4-7-19-11-18-9-14(19)10-20-16-8-12(2)5-6-15(16)13(3)17/h5-6,8-9,11,13H,4,7,10,17H2,1-3H3/t13-/m1/s1. The summed E-state index contributed by atoms with van der Waals surface area (Å²) in [6, 6.07) is 6.11. The van der Waals surface area contributed by atoms with Crippen LogP contribution in [-0.4, -0.2) is 9.55 Å². The van der Waals surface area contributed by atoms with E-state index in [1.54, 1.807) is 0 Å². The maximum absolute atomic E-state index is 5.99. The maximum Gasteiger partial charge on any atom is 0.130 e. The van der Waals surface area contributed by atoms with E-state index in [1.165, 1.54) is 5.56 Å². The van der Waals surface area contributed by atoms with Gasteiger partial charge in [0.1, 0.15) is 12.4 Å². The third-order valence-corrected chi connectivity index (χ3v) is 3.30. The zero-order chi connectivity index (χ0) is 14.5. The average Bonchev–Trinajstić information content (AvgIpc) is 2.84. The molecule has 1 atom stereocenters. The quantitative estimate of drug-likeness (QED) is 0.879. The van der Waals surface area contributed by atoms with Crippen molar-refractivity contribution < 1.29 is 4.74 Å². The highest BCUT2D eigenvalue weighted by molar-refractivity contribution is 5.39. The topological polar surface area (TPSA) is 53.1 Å². The Bertz CT molecular complexity index is 561. The number of nitrogens with two attached hydrogens (primary N) is 1. The second-order valence-corrected chi connectivity index (χ2v) is 5.20. The molecule has 0 spiro atoms. The molecule has 1 aromatic carbocycles. The van der Waals surface area contributed by atoms with Crippen molar-refractivity contribution in [3.63, 3.8) is 0 Å². The second-order valence-electron chi connectivity index (χ2n) is 5.20. The van der Waals surface area contributed by atoms with Crippen LogP contribution in [-0.2, 0) is 13.2 Å². The lowest BCUT2D eigenvalue weighted by Crippen LogP contribution is -2.10. The lowest BCUT2D eigenvalue weighted by molar-refractivity contribution is 0.290. The summed E-state index contributed by atoms with van der Waals surface area (Å²) < 4.78 is 8.10. The summed E-state index contributed by atoms with van der Waals surface area (Å²) in [5.41, 5.74) is 9.29. The lowest BCUT2D eigenvalue weighted by Gasteiger charge is -2.15. The lowest BCUT2D eigenvalue weighted by atomic mass is 10.1. The van der Waals surface area contributed by atoms with Gasteiger partial charge in [-0.05, 0) is 31.9 Å². The smallest absolute Gasteiger partial charge is 0.130 e. The van der Waals surface area contributed by atoms with Gasteiger partial charge in [-0.15, -0.1) is 0 Å². The van der Waals surface area contributed by atoms with Crippen LogP contribution in [0.25, 0.3) is 0 Å². The highest BCUT2D eigenvalue weighted by atomic mass is 16.5. The minimum atomic E-state index is -0.0360. The normalized spacial score (nSPS) is 12.4. The molecule has 0 aliphatic rings. The summed E-state index contributed by atoms with van der Waals surface area (Å²) >= 11 is 0. The number of aromatic nitrogens is 2. The minimum absolute atomic E-state index is 0.0360. The molecule has 0 saturated carbocycles. The molecule has 0 amide bonds. The number of rotatable bonds is 6. The minimum Gasteiger partial charge on any atom is -0.487 e. The van der Waals surface area contributed by atoms with Crippen molar-refractivity contribution in [3.05, 3.63) is 47.5 Å². The first-order chi connectivity index (χ1) is 9.61. The molecule has 1 heterocycles. The zero-order valence-corrected chi connectivity index (χ0v) is 12.5. The van der Waals surface area contributed by atoms with Crippen LogP contribution in [0.3, 0.4) is 0 Å². The molecule has 4 heteroatoms. The van der Waals surface area contributed by atoms with Gasteiger partial charge >= 0.3 is 0 Å². The van der Waals surface area contributed by atoms with Crippen LogP contribution in [0.2, 0.25) is 0 Å². The largest absolute Gasteiger partial charge is 0.487 e. The van der Waals surface area contributed by atoms with E-state index in [1.807, 2.05) is 31.6 Å². The number of aryl methyl sites for hydroxylation is 2. The van der Waals surface area contributed by atoms with Crippen molar-refractivity contribution >= 4 is 0 Å². The van der Waals surface area contributed by atoms with Crippen LogP contribution >= 0.6 is 0 Å². The monoisotopic (exact) mass is 273 g/mol. The van der Waals surface area contributed by atoms with Crippen molar-refractivity contribution in [2.75, 3.05) is 0 Å². The van der Waals surface area contributed by atoms with E-state index in [0.717, 1.165) is 30.0 Å². The number of benzene rings is 1. The molecule has 20 heavy (non-hydrogen) atoms. The molecular weight excluding hydrogens is 250 g/mol. The Morgan fingerprint density at radius 1 is 1.40 bits per heavy atom. The third kappa shape index (κ3) is 3.39. The Labute approximate surface area is 120 Å². The Morgan fingerprint density at radius 2 is 2.20 bits per heavy atom. The van der Waals surface area contributed by atoms with Crippen LogP contribution in [0.4, 0.5) is 0 Å². The molecule has 0 aliphatic carbocycles. The molecule has 4 nitrogen and oxygen atoms in total. The Hall–Kier alpha value is -1.81. The Morgan fingerprint density at radius 3 is 2.90 bits per heavy atom. The van der Waals surface area contributed by atoms with Gasteiger partial charge in [0.25, 0.3) is 0 Å². The molecule has 0 radical (unpaired) electrons. The van der Waals surface area contributed by atoms with E-state index in [4.69, 9.17) is 10.5 Å². The van der Waals surface area contributed by atoms with Gasteiger partial charge in [-0.1, -0.05) is 19.1 Å². The average molecular weight is 273 g/mol. The summed E-state index contributed by atoms with van der Waals surface area (Å²) in [4.78, 5) is 4.19. The fourth-order valence-corrected chi connectivity index (χ4v) is 2.21. The van der Waals surface area contributed by atoms with Gasteiger partial charge < -0.3 is 15.0 Å². The predicted octanol–water partition coefficient (Wildman–Crippen LogP) is 3.20. The number of hydrogen-bond acceptors (Lipinski definition) is 3. The molecule has 0 bridgehead atoms. The van der Waals surface area contributed by atoms with Gasteiger partial charge in [-0.2, -0.15) is 0 Å². The van der Waals surface area contributed by atoms with E-state index in [0.29, 0.717) is 6.61 Å². The van der Waals surface area contributed by atoms with E-state index < -0.39 is 0 Å². The van der Waals surface area contributed by atoms with Gasteiger partial charge in [-0.25, -0.2) is 4.98 Å². The van der Waals surface area contributed by atoms with Gasteiger partial charge in [0.05, 0.1) is 18.2 Å². The van der Waals surface area contributed by atoms with Crippen molar-refractivity contribution in [2.45, 2.75) is 46.4 Å². The van der Waals surface area contributed by atoms with Crippen LogP contribution in [0, 0.1) is 6.92 Å². The summed E-state index contributed by atoms with van der Waals surface area (Å²) in [6.07, 6.45) is 4.79. The number of hydrogen-bond donors (Lipinski definition) is 1. The summed E-state index contributed by atoms with van der Waals surface area (Å²) in [7, 11) is 0. The van der Waals surface area contributed by atoms with E-state index in [2.05, 4.69) is 29.5 Å². The van der Waals surface area contributed by atoms with Crippen LogP contribution < -0.4 is 10.5 Å². The number of ether oxygens (including phenoxy) is 1. The number of imidazole rings is 1. The Kier molecular flexibility index (Phi) is 4.79. The molecule has 0 fully saturated rings. The molecule has 0 unspecified atom stereocenters. The van der Waals surface area contributed by atoms with Crippen molar-refractivity contribution in [1.29, 1.82) is 0 Å². The Balaban J connectivity index is 2.14. The van der Waals surface area contributed by atoms with Crippen molar-refractivity contribution in [1.82, 2.24) is 9.55 Å². The highest BCUT2D eigenvalue weighted by Gasteiger charge is 2.10. The van der Waals surface area contributed by atoms with Gasteiger partial charge in [0.2, 0.25) is 0 Å². The van der Waals surface area contributed by atoms with Crippen molar-refractivity contribution in [2.24, 2.45) is 5.73 Å². The highest BCUT2D eigenvalue weighted by Crippen LogP contribution is 2.26. The van der Waals surface area contributed by atoms with E-state index in [9.17, 15) is 0 Å². The van der Waals surface area contributed by atoms with Crippen LogP contribution in [0.15, 0.2) is 30.7 Å². The third-order valence-electron chi connectivity index (χ3n) is 3.30. The van der Waals surface area contributed by atoms with E-state index >= 15 is 0 Å². The first kappa shape index (κ1) is 14.6. The molecule has 0 aliphatic heterocycles. The van der Waals surface area contributed by atoms with Crippen molar-refractivity contribution in [3.8, 4) is 5.75 Å². The van der Waals surface area contributed by atoms with Gasteiger partial charge in [0, 0.05) is 18.2 Å². The zero-order valence-electron chi connectivity index (χ0n) is 12.5. The molecular formula is C16H23N3O. The van der Waals surface area contributed by atoms with Crippen LogP contribution in [0.5, 0.6) is 5.75 Å². The van der Waals surface area contributed by atoms with Gasteiger partial charge in [0.15, 0.2) is 0 Å². The van der Waals surface area contributed by atoms with E-state index in [-0.39, 0.29) is 6.04 Å². The molecule has 2 aromatic rings. The molecule has 2 rings (SSSR count). The number of nitrogens with zero attached hydrogens (tertiary/aromatic N) is 2. The summed E-state index contributed by atoms with van der Waals surface area (Å²) in [6.45, 7) is 7.66. The summed E-state index contributed by atoms with van der Waals surface area (Å²) in [5, 5.41) is 0. The predicted molar refractivity (Wildman–Crippen MR) is 80.6 cm³/mol. The fraction of sp³-hybridized carbons (Fsp3) is 0.438. The second kappa shape index (κ2) is 6.57. The molecule has 2 N–H and O–H groups in total. The first-order valence-electron chi connectivity index (χ1n) is 7.09. The van der Waals surface area contributed by atoms with Crippen LogP contribution in [0.1, 0.15) is 43.1 Å². The first-order valence-corrected chi connectivity index (χ1v) is 7.09. The fourth-order valence-electron chi connectivity index (χ4n) is 2.21. The van der Waals surface area contributed by atoms with Gasteiger partial charge in [-0.3, -0.25) is 0 Å². The molecule has 0 saturated heterocycles. The summed E-state index contributed by atoms with van der Waals surface area (Å²) in [5.74, 6) is 0.865. The molecule has 108 valence electrons. The SMILES string of the molecule is CCCn1cncc1COc1cc(C)ccc1[C@@H](C)N.